The van der Waals surface area contributed by atoms with Crippen LogP contribution in [0.15, 0.2) is 48.6 Å². The van der Waals surface area contributed by atoms with Crippen LogP contribution in [-0.4, -0.2) is 13.1 Å². The molecule has 0 fully saturated rings. The van der Waals surface area contributed by atoms with Crippen LogP contribution in [0.2, 0.25) is 19.6 Å². The van der Waals surface area contributed by atoms with Gasteiger partial charge in [-0.25, -0.2) is 0 Å². The summed E-state index contributed by atoms with van der Waals surface area (Å²) < 4.78 is 24.1. The van der Waals surface area contributed by atoms with Crippen LogP contribution < -0.4 is 9.92 Å². The van der Waals surface area contributed by atoms with Crippen LogP contribution in [0, 0.1) is 10.8 Å². The van der Waals surface area contributed by atoms with Gasteiger partial charge in [0.1, 0.15) is 11.5 Å². The molecule has 0 N–H and O–H groups in total. The van der Waals surface area contributed by atoms with E-state index < -0.39 is 8.07 Å². The van der Waals surface area contributed by atoms with Gasteiger partial charge in [0.2, 0.25) is 0 Å². The van der Waals surface area contributed by atoms with Crippen molar-refractivity contribution in [2.24, 2.45) is 10.8 Å². The van der Waals surface area contributed by atoms with Crippen molar-refractivity contribution in [1.29, 1.82) is 0 Å². The molecule has 5 rings (SSSR count). The van der Waals surface area contributed by atoms with E-state index in [-0.39, 0.29) is 23.0 Å². The molecule has 2 nitrogen and oxygen atoms in total. The number of pyridine rings is 1. The molecular formula is C32H39NOSi. The Morgan fingerprint density at radius 1 is 0.886 bits per heavy atom. The van der Waals surface area contributed by atoms with Gasteiger partial charge in [-0.3, -0.25) is 4.98 Å². The zero-order valence-electron chi connectivity index (χ0n) is 24.7. The molecule has 1 aliphatic rings. The van der Waals surface area contributed by atoms with Crippen LogP contribution in [0.25, 0.3) is 32.8 Å². The molecule has 1 aliphatic heterocycles. The fraction of sp³-hybridized carbons (Fsp3) is 0.406. The molecule has 0 spiro atoms. The van der Waals surface area contributed by atoms with E-state index in [2.05, 4.69) is 97.6 Å². The predicted octanol–water partition coefficient (Wildman–Crippen LogP) is 8.88. The van der Waals surface area contributed by atoms with Gasteiger partial charge in [-0.1, -0.05) is 90.6 Å². The summed E-state index contributed by atoms with van der Waals surface area (Å²) in [7, 11) is -1.69. The van der Waals surface area contributed by atoms with Gasteiger partial charge in [0, 0.05) is 17.3 Å². The fourth-order valence-electron chi connectivity index (χ4n) is 5.21. The molecule has 0 aliphatic carbocycles. The molecule has 3 heteroatoms. The molecule has 0 bridgehead atoms. The van der Waals surface area contributed by atoms with Crippen LogP contribution in [0.5, 0.6) is 11.5 Å². The molecular weight excluding hydrogens is 442 g/mol. The summed E-state index contributed by atoms with van der Waals surface area (Å²) in [6, 6.07) is 13.5. The first-order valence-electron chi connectivity index (χ1n) is 13.7. The summed E-state index contributed by atoms with van der Waals surface area (Å²) in [6.07, 6.45) is 1.88. The Hall–Kier alpha value is -2.65. The lowest BCUT2D eigenvalue weighted by Gasteiger charge is -2.29. The maximum absolute atomic E-state index is 8.68. The molecule has 0 saturated carbocycles. The van der Waals surface area contributed by atoms with Crippen LogP contribution in [0.4, 0.5) is 0 Å². The standard InChI is InChI=1S/C32H39NOSi/c1-31(2,3)18-20-10-11-24-22(14-20)16-25-29-28-21(12-13-33-29)15-23(35(7,8)9)17-27(28)34-30(25)26(24)19-32(4,5)6/h10-17H,18-19H2,1-9H3/i12D,13D. The van der Waals surface area contributed by atoms with Gasteiger partial charge in [-0.2, -0.15) is 0 Å². The average Bonchev–Trinajstić information content (AvgIpc) is 2.74. The van der Waals surface area contributed by atoms with Gasteiger partial charge < -0.3 is 4.74 Å². The van der Waals surface area contributed by atoms with Gasteiger partial charge in [-0.15, -0.1) is 0 Å². The van der Waals surface area contributed by atoms with Crippen molar-refractivity contribution in [3.05, 3.63) is 59.7 Å². The number of hydrogen-bond acceptors (Lipinski definition) is 2. The summed E-state index contributed by atoms with van der Waals surface area (Å²) >= 11 is 0. The van der Waals surface area contributed by atoms with Gasteiger partial charge in [0.15, 0.2) is 0 Å². The molecule has 0 radical (unpaired) electrons. The number of aromatic nitrogens is 1. The van der Waals surface area contributed by atoms with E-state index in [1.54, 1.807) is 0 Å². The van der Waals surface area contributed by atoms with Gasteiger partial charge in [-0.05, 0) is 63.6 Å². The smallest absolute Gasteiger partial charge is 0.140 e. The minimum absolute atomic E-state index is 0.0213. The van der Waals surface area contributed by atoms with E-state index in [4.69, 9.17) is 12.5 Å². The lowest BCUT2D eigenvalue weighted by atomic mass is 9.82. The highest BCUT2D eigenvalue weighted by molar-refractivity contribution is 6.88. The number of fused-ring (bicyclic) bond motifs is 3. The number of nitrogens with zero attached hydrogens (tertiary/aromatic N) is 1. The molecule has 2 heterocycles. The highest BCUT2D eigenvalue weighted by atomic mass is 28.3. The van der Waals surface area contributed by atoms with E-state index in [9.17, 15) is 0 Å². The zero-order chi connectivity index (χ0) is 27.1. The third-order valence-corrected chi connectivity index (χ3v) is 8.75. The molecule has 4 aromatic rings. The third kappa shape index (κ3) is 4.63. The maximum Gasteiger partial charge on any atom is 0.140 e. The topological polar surface area (TPSA) is 22.1 Å². The summed E-state index contributed by atoms with van der Waals surface area (Å²) in [4.78, 5) is 4.70. The van der Waals surface area contributed by atoms with Crippen molar-refractivity contribution in [2.75, 3.05) is 0 Å². The first-order chi connectivity index (χ1) is 17.0. The van der Waals surface area contributed by atoms with Crippen LogP contribution >= 0.6 is 0 Å². The predicted molar refractivity (Wildman–Crippen MR) is 154 cm³/mol. The van der Waals surface area contributed by atoms with Crippen molar-refractivity contribution in [3.63, 3.8) is 0 Å². The van der Waals surface area contributed by atoms with Crippen LogP contribution in [0.3, 0.4) is 0 Å². The number of hydrogen-bond donors (Lipinski definition) is 0. The summed E-state index contributed by atoms with van der Waals surface area (Å²) in [6.45, 7) is 20.5. The van der Waals surface area contributed by atoms with Gasteiger partial charge in [0.05, 0.1) is 21.9 Å². The summed E-state index contributed by atoms with van der Waals surface area (Å²) in [5, 5.41) is 5.27. The minimum Gasteiger partial charge on any atom is -0.456 e. The monoisotopic (exact) mass is 483 g/mol. The molecule has 0 atom stereocenters. The normalized spacial score (nSPS) is 14.5. The largest absolute Gasteiger partial charge is 0.456 e. The number of ether oxygens (including phenoxy) is 1. The van der Waals surface area contributed by atoms with Crippen LogP contribution in [0.1, 0.15) is 55.4 Å². The first-order valence-corrected chi connectivity index (χ1v) is 16.2. The number of rotatable bonds is 3. The van der Waals surface area contributed by atoms with E-state index in [1.165, 1.54) is 27.1 Å². The first kappa shape index (κ1) is 21.6. The van der Waals surface area contributed by atoms with Crippen molar-refractivity contribution in [1.82, 2.24) is 4.98 Å². The SMILES string of the molecule is [2H]c1nc2c3c(cc([Si](C)(C)C)cc3c1[2H])Oc1c-2cc2cc(CC(C)(C)C)ccc2c1CC(C)(C)C. The van der Waals surface area contributed by atoms with E-state index in [0.717, 1.165) is 46.4 Å². The molecule has 0 amide bonds. The zero-order valence-corrected chi connectivity index (χ0v) is 23.7. The summed E-state index contributed by atoms with van der Waals surface area (Å²) in [5.74, 6) is 1.63. The lowest BCUT2D eigenvalue weighted by Crippen LogP contribution is -2.37. The Kier molecular flexibility index (Phi) is 4.90. The molecule has 1 aromatic heterocycles. The Labute approximate surface area is 214 Å². The van der Waals surface area contributed by atoms with Crippen molar-refractivity contribution in [2.45, 2.75) is 74.0 Å². The third-order valence-electron chi connectivity index (χ3n) is 6.73. The van der Waals surface area contributed by atoms with Crippen molar-refractivity contribution < 1.29 is 7.48 Å². The maximum atomic E-state index is 8.68. The highest BCUT2D eigenvalue weighted by Crippen LogP contribution is 2.50. The van der Waals surface area contributed by atoms with Crippen LogP contribution in [-0.2, 0) is 12.8 Å². The van der Waals surface area contributed by atoms with E-state index in [0.29, 0.717) is 0 Å². The molecule has 0 saturated heterocycles. The fourth-order valence-corrected chi connectivity index (χ4v) is 6.35. The van der Waals surface area contributed by atoms with E-state index in [1.807, 2.05) is 0 Å². The second kappa shape index (κ2) is 7.93. The average molecular weight is 484 g/mol. The molecule has 0 unspecified atom stereocenters. The van der Waals surface area contributed by atoms with Crippen molar-refractivity contribution in [3.8, 4) is 22.8 Å². The Balaban J connectivity index is 1.87. The van der Waals surface area contributed by atoms with Crippen molar-refractivity contribution >= 4 is 34.8 Å². The Morgan fingerprint density at radius 3 is 2.26 bits per heavy atom. The second-order valence-electron chi connectivity index (χ2n) is 13.7. The Bertz CT molecular complexity index is 1570. The summed E-state index contributed by atoms with van der Waals surface area (Å²) in [5.41, 5.74) is 4.48. The minimum atomic E-state index is -1.69. The highest BCUT2D eigenvalue weighted by Gasteiger charge is 2.29. The van der Waals surface area contributed by atoms with E-state index >= 15 is 0 Å². The molecule has 3 aromatic carbocycles. The van der Waals surface area contributed by atoms with Gasteiger partial charge >= 0.3 is 0 Å². The number of benzene rings is 3. The molecule has 35 heavy (non-hydrogen) atoms. The quantitative estimate of drug-likeness (QED) is 0.239. The molecule has 182 valence electrons. The Morgan fingerprint density at radius 2 is 1.60 bits per heavy atom. The second-order valence-corrected chi connectivity index (χ2v) is 18.8. The lowest BCUT2D eigenvalue weighted by molar-refractivity contribution is 0.400. The van der Waals surface area contributed by atoms with Gasteiger partial charge in [0.25, 0.3) is 0 Å².